The van der Waals surface area contributed by atoms with Gasteiger partial charge in [0, 0.05) is 29.7 Å². The Morgan fingerprint density at radius 2 is 1.49 bits per heavy atom. The fourth-order valence-corrected chi connectivity index (χ4v) is 6.69. The van der Waals surface area contributed by atoms with E-state index in [4.69, 9.17) is 0 Å². The zero-order chi connectivity index (χ0) is 26.3. The smallest absolute Gasteiger partial charge is 0.322 e. The van der Waals surface area contributed by atoms with Gasteiger partial charge in [0.25, 0.3) is 5.69 Å². The van der Waals surface area contributed by atoms with Crippen molar-refractivity contribution >= 4 is 35.4 Å². The van der Waals surface area contributed by atoms with E-state index in [1.165, 1.54) is 82.0 Å². The van der Waals surface area contributed by atoms with Crippen LogP contribution in [0.25, 0.3) is 0 Å². The van der Waals surface area contributed by atoms with Crippen molar-refractivity contribution in [2.75, 3.05) is 5.75 Å². The third-order valence-corrected chi connectivity index (χ3v) is 8.82. The molecular weight excluding hydrogens is 506 g/mol. The van der Waals surface area contributed by atoms with E-state index in [9.17, 15) is 20.0 Å². The minimum atomic E-state index is -0.985. The van der Waals surface area contributed by atoms with Crippen LogP contribution < -0.4 is 10.0 Å². The van der Waals surface area contributed by atoms with Crippen LogP contribution in [0.4, 0.5) is 5.69 Å². The number of nitro groups is 1. The Morgan fingerprint density at radius 1 is 0.919 bits per heavy atom. The predicted molar refractivity (Wildman–Crippen MR) is 153 cm³/mol. The molecule has 0 radical (unpaired) electrons. The van der Waals surface area contributed by atoms with E-state index in [0.29, 0.717) is 16.4 Å². The number of hydrogen-bond donors (Lipinski definition) is 3. The van der Waals surface area contributed by atoms with Crippen molar-refractivity contribution in [3.8, 4) is 0 Å². The van der Waals surface area contributed by atoms with Gasteiger partial charge >= 0.3 is 5.97 Å². The van der Waals surface area contributed by atoms with Crippen LogP contribution in [-0.4, -0.2) is 39.9 Å². The van der Waals surface area contributed by atoms with Crippen molar-refractivity contribution in [3.05, 3.63) is 70.3 Å². The molecule has 0 saturated heterocycles. The highest BCUT2D eigenvalue weighted by Crippen LogP contribution is 2.27. The topological polar surface area (TPSA) is 104 Å². The van der Waals surface area contributed by atoms with Crippen molar-refractivity contribution in [1.29, 1.82) is 0 Å². The van der Waals surface area contributed by atoms with Crippen LogP contribution in [0, 0.1) is 10.1 Å². The average molecular weight is 546 g/mol. The van der Waals surface area contributed by atoms with Gasteiger partial charge in [-0.05, 0) is 49.3 Å². The van der Waals surface area contributed by atoms with Gasteiger partial charge in [-0.15, -0.1) is 0 Å². The largest absolute Gasteiger partial charge is 0.480 e. The Morgan fingerprint density at radius 3 is 2.05 bits per heavy atom. The number of carbonyl (C=O) groups is 1. The molecule has 0 aliphatic heterocycles. The molecule has 2 aliphatic carbocycles. The molecule has 0 amide bonds. The van der Waals surface area contributed by atoms with E-state index in [1.54, 1.807) is 18.2 Å². The second kappa shape index (κ2) is 16.7. The predicted octanol–water partition coefficient (Wildman–Crippen LogP) is 6.82. The maximum Gasteiger partial charge on any atom is 0.322 e. The normalized spacial score (nSPS) is 17.4. The molecule has 3 N–H and O–H groups in total. The van der Waals surface area contributed by atoms with E-state index in [-0.39, 0.29) is 5.69 Å². The van der Waals surface area contributed by atoms with Crippen molar-refractivity contribution < 1.29 is 14.8 Å². The first-order valence-corrected chi connectivity index (χ1v) is 15.3. The molecule has 4 rings (SSSR count). The minimum absolute atomic E-state index is 0.0453. The lowest BCUT2D eigenvalue weighted by Gasteiger charge is -2.30. The summed E-state index contributed by atoms with van der Waals surface area (Å²) in [6, 6.07) is 17.0. The molecule has 37 heavy (non-hydrogen) atoms. The summed E-state index contributed by atoms with van der Waals surface area (Å²) in [4.78, 5) is 22.2. The van der Waals surface area contributed by atoms with Crippen molar-refractivity contribution in [2.45, 2.75) is 93.0 Å². The maximum atomic E-state index is 11.4. The fourth-order valence-electron chi connectivity index (χ4n) is 4.73. The number of aliphatic carboxylic acids is 1. The summed E-state index contributed by atoms with van der Waals surface area (Å²) in [7, 11) is 0. The second-order valence-corrected chi connectivity index (χ2v) is 11.6. The SMILES string of the molecule is C1CCC(NC2CCCCC2)CC1.O=C(O)C(CSCc1ccccc1)NSc1ccccc1[N+](=O)[O-]. The average Bonchev–Trinajstić information content (AvgIpc) is 2.92. The number of nitrogens with one attached hydrogen (secondary N) is 2. The molecule has 1 unspecified atom stereocenters. The van der Waals surface area contributed by atoms with E-state index < -0.39 is 16.9 Å². The molecular formula is C28H39N3O4S2. The number of carboxylic acids is 1. The third kappa shape index (κ3) is 11.1. The highest BCUT2D eigenvalue weighted by atomic mass is 32.2. The quantitative estimate of drug-likeness (QED) is 0.160. The van der Waals surface area contributed by atoms with E-state index in [0.717, 1.165) is 29.6 Å². The first-order valence-electron chi connectivity index (χ1n) is 13.3. The molecule has 202 valence electrons. The first-order chi connectivity index (χ1) is 18.0. The van der Waals surface area contributed by atoms with Gasteiger partial charge in [-0.2, -0.15) is 11.8 Å². The molecule has 1 atom stereocenters. The zero-order valence-corrected chi connectivity index (χ0v) is 23.0. The monoisotopic (exact) mass is 545 g/mol. The summed E-state index contributed by atoms with van der Waals surface area (Å²) in [6.07, 6.45) is 14.6. The maximum absolute atomic E-state index is 11.4. The standard InChI is InChI=1S/C16H16N2O4S2.C12H23N/c19-16(20)13(11-23-10-12-6-2-1-3-7-12)17-24-15-9-5-4-8-14(15)18(21)22;1-3-7-11(8-4-1)13-12-9-5-2-6-10-12/h1-9,13,17H,10-11H2,(H,19,20);11-13H,1-10H2. The summed E-state index contributed by atoms with van der Waals surface area (Å²) < 4.78 is 2.81. The number of thioether (sulfide) groups is 1. The van der Waals surface area contributed by atoms with Gasteiger partial charge in [0.2, 0.25) is 0 Å². The number of benzene rings is 2. The van der Waals surface area contributed by atoms with Gasteiger partial charge in [0.05, 0.1) is 4.92 Å². The van der Waals surface area contributed by atoms with Crippen molar-refractivity contribution in [2.24, 2.45) is 0 Å². The molecule has 2 aliphatic rings. The lowest BCUT2D eigenvalue weighted by atomic mass is 9.91. The van der Waals surface area contributed by atoms with E-state index >= 15 is 0 Å². The van der Waals surface area contributed by atoms with Gasteiger partial charge < -0.3 is 10.4 Å². The summed E-state index contributed by atoms with van der Waals surface area (Å²) in [5.74, 6) is 0.0852. The molecule has 7 nitrogen and oxygen atoms in total. The van der Waals surface area contributed by atoms with Gasteiger partial charge in [-0.25, -0.2) is 4.72 Å². The summed E-state index contributed by atoms with van der Waals surface area (Å²) in [6.45, 7) is 0. The minimum Gasteiger partial charge on any atom is -0.480 e. The molecule has 0 aromatic heterocycles. The van der Waals surface area contributed by atoms with Gasteiger partial charge in [0.15, 0.2) is 0 Å². The third-order valence-electron chi connectivity index (χ3n) is 6.75. The molecule has 2 fully saturated rings. The second-order valence-electron chi connectivity index (χ2n) is 9.67. The van der Waals surface area contributed by atoms with Crippen LogP contribution in [0.15, 0.2) is 59.5 Å². The summed E-state index contributed by atoms with van der Waals surface area (Å²) >= 11 is 2.47. The lowest BCUT2D eigenvalue weighted by Crippen LogP contribution is -2.40. The highest BCUT2D eigenvalue weighted by molar-refractivity contribution is 7.99. The summed E-state index contributed by atoms with van der Waals surface area (Å²) in [5.41, 5.74) is 1.08. The first kappa shape index (κ1) is 29.5. The number of para-hydroxylation sites is 1. The number of rotatable bonds is 11. The Bertz CT molecular complexity index is 935. The van der Waals surface area contributed by atoms with E-state index in [2.05, 4.69) is 10.0 Å². The zero-order valence-electron chi connectivity index (χ0n) is 21.3. The van der Waals surface area contributed by atoms with Crippen LogP contribution in [0.5, 0.6) is 0 Å². The van der Waals surface area contributed by atoms with Crippen LogP contribution in [0.3, 0.4) is 0 Å². The molecule has 0 bridgehead atoms. The van der Waals surface area contributed by atoms with Crippen LogP contribution in [-0.2, 0) is 10.5 Å². The van der Waals surface area contributed by atoms with Crippen molar-refractivity contribution in [3.63, 3.8) is 0 Å². The van der Waals surface area contributed by atoms with Gasteiger partial charge in [-0.1, -0.05) is 81.0 Å². The Hall–Kier alpha value is -2.07. The Kier molecular flexibility index (Phi) is 13.3. The number of nitrogens with zero attached hydrogens (tertiary/aromatic N) is 1. The van der Waals surface area contributed by atoms with Gasteiger partial charge in [0.1, 0.15) is 10.9 Å². The van der Waals surface area contributed by atoms with Crippen LogP contribution in [0.1, 0.15) is 69.8 Å². The molecule has 9 heteroatoms. The molecule has 0 spiro atoms. The summed E-state index contributed by atoms with van der Waals surface area (Å²) in [5, 5.41) is 24.1. The van der Waals surface area contributed by atoms with Gasteiger partial charge in [-0.3, -0.25) is 14.9 Å². The number of hydrogen-bond acceptors (Lipinski definition) is 7. The Labute approximate surface area is 228 Å². The fraction of sp³-hybridized carbons (Fsp3) is 0.536. The number of nitro benzene ring substituents is 1. The van der Waals surface area contributed by atoms with Crippen LogP contribution >= 0.6 is 23.7 Å². The lowest BCUT2D eigenvalue weighted by molar-refractivity contribution is -0.387. The molecule has 0 heterocycles. The highest BCUT2D eigenvalue weighted by Gasteiger charge is 2.21. The van der Waals surface area contributed by atoms with Crippen molar-refractivity contribution in [1.82, 2.24) is 10.0 Å². The molecule has 2 aromatic carbocycles. The van der Waals surface area contributed by atoms with Crippen LogP contribution in [0.2, 0.25) is 0 Å². The molecule has 2 aromatic rings. The molecule has 2 saturated carbocycles. The van der Waals surface area contributed by atoms with E-state index in [1.807, 2.05) is 30.3 Å². The Balaban J connectivity index is 0.000000244. The number of carboxylic acid groups (broad SMARTS) is 1.